The maximum absolute atomic E-state index is 2.36. The Labute approximate surface area is 72.9 Å². The van der Waals surface area contributed by atoms with Gasteiger partial charge in [0.2, 0.25) is 0 Å². The fraction of sp³-hybridized carbons (Fsp3) is 1.00. The molecule has 0 aliphatic rings. The van der Waals surface area contributed by atoms with Gasteiger partial charge in [-0.1, -0.05) is 6.92 Å². The second-order valence-electron chi connectivity index (χ2n) is 2.16. The maximum Gasteiger partial charge on any atom is 0 e. The van der Waals surface area contributed by atoms with Crippen molar-refractivity contribution in [2.75, 3.05) is 31.8 Å². The minimum atomic E-state index is 0. The molecule has 0 fully saturated rings. The molecule has 0 aromatic heterocycles. The zero-order chi connectivity index (χ0) is 6.41. The van der Waals surface area contributed by atoms with Crippen LogP contribution >= 0.6 is 16.5 Å². The Kier molecular flexibility index (Phi) is 13.6. The van der Waals surface area contributed by atoms with Gasteiger partial charge in [0.05, 0.1) is 0 Å². The Balaban J connectivity index is 0. The van der Waals surface area contributed by atoms with E-state index in [4.69, 9.17) is 0 Å². The molecule has 0 nitrogen and oxygen atoms in total. The van der Waals surface area contributed by atoms with E-state index < -0.39 is 0 Å². The van der Waals surface area contributed by atoms with E-state index >= 15 is 0 Å². The van der Waals surface area contributed by atoms with Gasteiger partial charge >= 0.3 is 0 Å². The molecule has 0 aromatic carbocycles. The van der Waals surface area contributed by atoms with Gasteiger partial charge in [-0.25, -0.2) is 0 Å². The van der Waals surface area contributed by atoms with Crippen LogP contribution in [0.15, 0.2) is 0 Å². The van der Waals surface area contributed by atoms with Gasteiger partial charge in [0.25, 0.3) is 0 Å². The fourth-order valence-electron chi connectivity index (χ4n) is 0.479. The summed E-state index contributed by atoms with van der Waals surface area (Å²) < 4.78 is 0. The smallest absolute Gasteiger partial charge is 0 e. The Morgan fingerprint density at radius 3 is 2.22 bits per heavy atom. The molecule has 0 amide bonds. The largest absolute Gasteiger partial charge is 0.122 e. The molecule has 0 radical (unpaired) electrons. The number of hydrogen-bond donors (Lipinski definition) is 0. The zero-order valence-electron chi connectivity index (χ0n) is 6.48. The molecular weight excluding hydrogens is 186 g/mol. The van der Waals surface area contributed by atoms with Gasteiger partial charge < -0.3 is 0 Å². The molecule has 1 atom stereocenters. The van der Waals surface area contributed by atoms with Crippen LogP contribution in [-0.4, -0.2) is 31.8 Å². The zero-order valence-corrected chi connectivity index (χ0v) is 9.65. The average Bonchev–Trinajstić information content (AvgIpc) is 1.66. The predicted octanol–water partition coefficient (Wildman–Crippen LogP) is 2.42. The molecule has 0 N–H and O–H groups in total. The van der Waals surface area contributed by atoms with Gasteiger partial charge in [-0.15, -0.1) is 16.5 Å². The van der Waals surface area contributed by atoms with Crippen molar-refractivity contribution in [2.45, 2.75) is 6.92 Å². The molecule has 3 heteroatoms. The minimum Gasteiger partial charge on any atom is -0.122 e. The van der Waals surface area contributed by atoms with Crippen LogP contribution in [0.5, 0.6) is 0 Å². The van der Waals surface area contributed by atoms with Crippen LogP contribution < -0.4 is 0 Å². The summed E-state index contributed by atoms with van der Waals surface area (Å²) in [6, 6.07) is 0. The van der Waals surface area contributed by atoms with E-state index in [0.717, 1.165) is 0 Å². The van der Waals surface area contributed by atoms with Crippen LogP contribution in [0, 0.1) is 0 Å². The molecule has 0 aromatic rings. The second kappa shape index (κ2) is 9.39. The third-order valence-electron chi connectivity index (χ3n) is 0.986. The van der Waals surface area contributed by atoms with Gasteiger partial charge in [0.15, 0.2) is 0 Å². The van der Waals surface area contributed by atoms with Crippen LogP contribution in [0.3, 0.4) is 0 Å². The van der Waals surface area contributed by atoms with Crippen LogP contribution in [0.2, 0.25) is 0 Å². The van der Waals surface area contributed by atoms with Crippen LogP contribution in [0.4, 0.5) is 0 Å². The summed E-state index contributed by atoms with van der Waals surface area (Å²) in [5.74, 6) is 0. The van der Waals surface area contributed by atoms with Crippen molar-refractivity contribution in [3.63, 3.8) is 0 Å². The molecule has 0 bridgehead atoms. The third-order valence-corrected chi connectivity index (χ3v) is 3.63. The summed E-state index contributed by atoms with van der Waals surface area (Å²) in [4.78, 5) is 0. The molecule has 0 saturated carbocycles. The Morgan fingerprint density at radius 1 is 1.33 bits per heavy atom. The van der Waals surface area contributed by atoms with Crippen LogP contribution in [-0.2, 0) is 17.4 Å². The Hall–Kier alpha value is 1.39. The van der Waals surface area contributed by atoms with Crippen molar-refractivity contribution >= 4 is 16.5 Å². The summed E-state index contributed by atoms with van der Waals surface area (Å²) in [6.45, 7) is 6.98. The molecule has 0 spiro atoms. The number of rotatable bonds is 4. The first kappa shape index (κ1) is 13.0. The Bertz CT molecular complexity index is 48.3. The SMILES string of the molecule is CCPCCP(C)C.[Cr]. The van der Waals surface area contributed by atoms with Crippen LogP contribution in [0.1, 0.15) is 6.92 Å². The van der Waals surface area contributed by atoms with E-state index in [0.29, 0.717) is 7.92 Å². The summed E-state index contributed by atoms with van der Waals surface area (Å²) in [6.07, 6.45) is 4.36. The van der Waals surface area contributed by atoms with Gasteiger partial charge in [0.1, 0.15) is 0 Å². The summed E-state index contributed by atoms with van der Waals surface area (Å²) in [7, 11) is 1.62. The molecule has 0 saturated heterocycles. The molecule has 56 valence electrons. The van der Waals surface area contributed by atoms with Crippen molar-refractivity contribution in [1.82, 2.24) is 0 Å². The first-order chi connectivity index (χ1) is 3.77. The molecule has 0 aliphatic carbocycles. The first-order valence-electron chi connectivity index (χ1n) is 3.12. The van der Waals surface area contributed by atoms with E-state index in [1.165, 1.54) is 27.1 Å². The topological polar surface area (TPSA) is 0 Å². The van der Waals surface area contributed by atoms with Crippen molar-refractivity contribution in [3.8, 4) is 0 Å². The van der Waals surface area contributed by atoms with E-state index in [-0.39, 0.29) is 17.4 Å². The molecular formula is C6H16CrP2. The number of hydrogen-bond acceptors (Lipinski definition) is 0. The predicted molar refractivity (Wildman–Crippen MR) is 47.4 cm³/mol. The van der Waals surface area contributed by atoms with Crippen molar-refractivity contribution in [3.05, 3.63) is 0 Å². The van der Waals surface area contributed by atoms with Crippen molar-refractivity contribution < 1.29 is 17.4 Å². The van der Waals surface area contributed by atoms with Gasteiger partial charge in [-0.2, -0.15) is 0 Å². The molecule has 0 heterocycles. The van der Waals surface area contributed by atoms with Gasteiger partial charge in [-0.05, 0) is 31.8 Å². The van der Waals surface area contributed by atoms with E-state index in [1.54, 1.807) is 0 Å². The van der Waals surface area contributed by atoms with E-state index in [1.807, 2.05) is 0 Å². The third kappa shape index (κ3) is 12.6. The van der Waals surface area contributed by atoms with Crippen molar-refractivity contribution in [1.29, 1.82) is 0 Å². The van der Waals surface area contributed by atoms with Gasteiger partial charge in [0, 0.05) is 17.4 Å². The van der Waals surface area contributed by atoms with E-state index in [2.05, 4.69) is 20.3 Å². The summed E-state index contributed by atoms with van der Waals surface area (Å²) >= 11 is 0. The molecule has 0 aliphatic heterocycles. The normalized spacial score (nSPS) is 10.7. The Morgan fingerprint density at radius 2 is 1.89 bits per heavy atom. The average molecular weight is 202 g/mol. The standard InChI is InChI=1S/C6H16P2.Cr/c1-4-7-5-6-8(2)3;/h7H,4-6H2,1-3H3;. The minimum absolute atomic E-state index is 0. The fourth-order valence-corrected chi connectivity index (χ4v) is 3.25. The first-order valence-corrected chi connectivity index (χ1v) is 6.96. The molecule has 1 unspecified atom stereocenters. The van der Waals surface area contributed by atoms with Gasteiger partial charge in [-0.3, -0.25) is 0 Å². The quantitative estimate of drug-likeness (QED) is 0.485. The summed E-state index contributed by atoms with van der Waals surface area (Å²) in [5, 5.41) is 0. The monoisotopic (exact) mass is 202 g/mol. The summed E-state index contributed by atoms with van der Waals surface area (Å²) in [5.41, 5.74) is 0. The molecule has 0 rings (SSSR count). The maximum atomic E-state index is 2.36. The van der Waals surface area contributed by atoms with E-state index in [9.17, 15) is 0 Å². The second-order valence-corrected chi connectivity index (χ2v) is 6.47. The van der Waals surface area contributed by atoms with Crippen LogP contribution in [0.25, 0.3) is 0 Å². The molecule has 9 heavy (non-hydrogen) atoms. The van der Waals surface area contributed by atoms with Crippen molar-refractivity contribution in [2.24, 2.45) is 0 Å².